The van der Waals surface area contributed by atoms with Crippen LogP contribution in [0.4, 0.5) is 5.69 Å². The fourth-order valence-electron chi connectivity index (χ4n) is 2.12. The highest BCUT2D eigenvalue weighted by Gasteiger charge is 2.13. The summed E-state index contributed by atoms with van der Waals surface area (Å²) < 4.78 is 24.5. The molecule has 23 heavy (non-hydrogen) atoms. The van der Waals surface area contributed by atoms with Gasteiger partial charge >= 0.3 is 0 Å². The molecule has 0 aliphatic rings. The van der Waals surface area contributed by atoms with Crippen LogP contribution in [-0.4, -0.2) is 25.1 Å². The Bertz CT molecular complexity index is 960. The molecule has 3 aromatic rings. The van der Waals surface area contributed by atoms with Gasteiger partial charge in [-0.05, 0) is 42.5 Å². The third-order valence-electron chi connectivity index (χ3n) is 3.44. The molecule has 0 saturated carbocycles. The SMILES string of the molecule is CCS(=O)(=O)c1ccc(C(=O)Nc2ccc3ncsc3c2)cc1. The summed E-state index contributed by atoms with van der Waals surface area (Å²) >= 11 is 1.50. The molecule has 0 bridgehead atoms. The number of fused-ring (bicyclic) bond motifs is 1. The van der Waals surface area contributed by atoms with Crippen LogP contribution in [0.1, 0.15) is 17.3 Å². The van der Waals surface area contributed by atoms with Gasteiger partial charge in [0.1, 0.15) is 0 Å². The van der Waals surface area contributed by atoms with E-state index in [-0.39, 0.29) is 16.6 Å². The summed E-state index contributed by atoms with van der Waals surface area (Å²) in [4.78, 5) is 16.7. The minimum absolute atomic E-state index is 0.0351. The van der Waals surface area contributed by atoms with Crippen molar-refractivity contribution >= 4 is 43.0 Å². The van der Waals surface area contributed by atoms with Crippen LogP contribution in [0, 0.1) is 0 Å². The van der Waals surface area contributed by atoms with Crippen LogP contribution < -0.4 is 5.32 Å². The summed E-state index contributed by atoms with van der Waals surface area (Å²) in [7, 11) is -3.25. The van der Waals surface area contributed by atoms with E-state index in [0.29, 0.717) is 11.3 Å². The van der Waals surface area contributed by atoms with Gasteiger partial charge in [-0.3, -0.25) is 4.79 Å². The van der Waals surface area contributed by atoms with Gasteiger partial charge in [0.25, 0.3) is 5.91 Å². The Hall–Kier alpha value is -2.25. The number of rotatable bonds is 4. The first kappa shape index (κ1) is 15.6. The van der Waals surface area contributed by atoms with E-state index in [0.717, 1.165) is 10.2 Å². The largest absolute Gasteiger partial charge is 0.322 e. The zero-order chi connectivity index (χ0) is 16.4. The Morgan fingerprint density at radius 2 is 1.91 bits per heavy atom. The lowest BCUT2D eigenvalue weighted by Crippen LogP contribution is -2.12. The highest BCUT2D eigenvalue weighted by Crippen LogP contribution is 2.22. The maximum absolute atomic E-state index is 12.2. The first-order valence-electron chi connectivity index (χ1n) is 6.97. The average Bonchev–Trinajstić information content (AvgIpc) is 3.02. The van der Waals surface area contributed by atoms with Gasteiger partial charge in [-0.15, -0.1) is 11.3 Å². The molecule has 1 heterocycles. The number of amides is 1. The van der Waals surface area contributed by atoms with Gasteiger partial charge in [0.15, 0.2) is 9.84 Å². The quantitative estimate of drug-likeness (QED) is 0.786. The number of hydrogen-bond acceptors (Lipinski definition) is 5. The molecule has 1 N–H and O–H groups in total. The number of sulfone groups is 1. The van der Waals surface area contributed by atoms with Gasteiger partial charge in [0.05, 0.1) is 26.4 Å². The maximum Gasteiger partial charge on any atom is 0.255 e. The molecule has 7 heteroatoms. The minimum Gasteiger partial charge on any atom is -0.322 e. The third kappa shape index (κ3) is 3.25. The van der Waals surface area contributed by atoms with Crippen LogP contribution in [0.3, 0.4) is 0 Å². The second-order valence-corrected chi connectivity index (χ2v) is 8.08. The fourth-order valence-corrected chi connectivity index (χ4v) is 3.72. The number of carbonyl (C=O) groups is 1. The van der Waals surface area contributed by atoms with Crippen LogP contribution in [0.5, 0.6) is 0 Å². The average molecular weight is 346 g/mol. The van der Waals surface area contributed by atoms with Gasteiger partial charge in [-0.2, -0.15) is 0 Å². The molecule has 118 valence electrons. The lowest BCUT2D eigenvalue weighted by molar-refractivity contribution is 0.102. The summed E-state index contributed by atoms with van der Waals surface area (Å²) in [5, 5.41) is 2.80. The number of thiazole rings is 1. The molecule has 1 aromatic heterocycles. The van der Waals surface area contributed by atoms with Crippen molar-refractivity contribution in [3.8, 4) is 0 Å². The van der Waals surface area contributed by atoms with Crippen molar-refractivity contribution < 1.29 is 13.2 Å². The van der Waals surface area contributed by atoms with Crippen LogP contribution in [0.15, 0.2) is 52.9 Å². The second kappa shape index (κ2) is 6.10. The van der Waals surface area contributed by atoms with E-state index in [4.69, 9.17) is 0 Å². The van der Waals surface area contributed by atoms with E-state index < -0.39 is 9.84 Å². The Labute approximate surface area is 137 Å². The molecular weight excluding hydrogens is 332 g/mol. The standard InChI is InChI=1S/C16H14N2O3S2/c1-2-23(20,21)13-6-3-11(4-7-13)16(19)18-12-5-8-14-15(9-12)22-10-17-14/h3-10H,2H2,1H3,(H,18,19). The molecule has 0 saturated heterocycles. The molecular formula is C16H14N2O3S2. The lowest BCUT2D eigenvalue weighted by Gasteiger charge is -2.06. The molecule has 3 rings (SSSR count). The van der Waals surface area contributed by atoms with Gasteiger partial charge < -0.3 is 5.32 Å². The molecule has 5 nitrogen and oxygen atoms in total. The first-order chi connectivity index (χ1) is 11.0. The molecule has 0 atom stereocenters. The molecule has 0 radical (unpaired) electrons. The Morgan fingerprint density at radius 3 is 2.61 bits per heavy atom. The molecule has 0 aliphatic carbocycles. The van der Waals surface area contributed by atoms with E-state index in [2.05, 4.69) is 10.3 Å². The van der Waals surface area contributed by atoms with Crippen LogP contribution >= 0.6 is 11.3 Å². The Morgan fingerprint density at radius 1 is 1.17 bits per heavy atom. The monoisotopic (exact) mass is 346 g/mol. The number of nitrogens with zero attached hydrogens (tertiary/aromatic N) is 1. The number of hydrogen-bond donors (Lipinski definition) is 1. The zero-order valence-electron chi connectivity index (χ0n) is 12.3. The van der Waals surface area contributed by atoms with Gasteiger partial charge in [-0.1, -0.05) is 6.92 Å². The normalized spacial score (nSPS) is 11.5. The van der Waals surface area contributed by atoms with Crippen molar-refractivity contribution in [3.05, 3.63) is 53.5 Å². The molecule has 0 spiro atoms. The summed E-state index contributed by atoms with van der Waals surface area (Å²) in [6.07, 6.45) is 0. The predicted molar refractivity (Wildman–Crippen MR) is 91.7 cm³/mol. The number of aromatic nitrogens is 1. The van der Waals surface area contributed by atoms with E-state index in [9.17, 15) is 13.2 Å². The molecule has 0 aliphatic heterocycles. The number of anilines is 1. The molecule has 0 fully saturated rings. The zero-order valence-corrected chi connectivity index (χ0v) is 13.9. The van der Waals surface area contributed by atoms with Crippen molar-refractivity contribution in [3.63, 3.8) is 0 Å². The summed E-state index contributed by atoms with van der Waals surface area (Å²) in [5.74, 6) is -0.248. The van der Waals surface area contributed by atoms with E-state index >= 15 is 0 Å². The smallest absolute Gasteiger partial charge is 0.255 e. The van der Waals surface area contributed by atoms with Gasteiger partial charge in [0, 0.05) is 11.3 Å². The van der Waals surface area contributed by atoms with Crippen LogP contribution in [0.25, 0.3) is 10.2 Å². The summed E-state index contributed by atoms with van der Waals surface area (Å²) in [6.45, 7) is 1.59. The number of benzene rings is 2. The van der Waals surface area contributed by atoms with E-state index in [1.54, 1.807) is 18.5 Å². The highest BCUT2D eigenvalue weighted by atomic mass is 32.2. The summed E-state index contributed by atoms with van der Waals surface area (Å²) in [5.41, 5.74) is 3.73. The van der Waals surface area contributed by atoms with Crippen molar-refractivity contribution in [1.82, 2.24) is 4.98 Å². The molecule has 2 aromatic carbocycles. The second-order valence-electron chi connectivity index (χ2n) is 4.92. The van der Waals surface area contributed by atoms with Crippen LogP contribution in [-0.2, 0) is 9.84 Å². The molecule has 0 unspecified atom stereocenters. The fraction of sp³-hybridized carbons (Fsp3) is 0.125. The highest BCUT2D eigenvalue weighted by molar-refractivity contribution is 7.91. The minimum atomic E-state index is -3.25. The van der Waals surface area contributed by atoms with E-state index in [1.165, 1.54) is 35.6 Å². The number of carbonyl (C=O) groups excluding carboxylic acids is 1. The third-order valence-corrected chi connectivity index (χ3v) is 5.99. The Kier molecular flexibility index (Phi) is 4.14. The van der Waals surface area contributed by atoms with Crippen molar-refractivity contribution in [1.29, 1.82) is 0 Å². The summed E-state index contributed by atoms with van der Waals surface area (Å²) in [6, 6.07) is 11.4. The van der Waals surface area contributed by atoms with Gasteiger partial charge in [0.2, 0.25) is 0 Å². The first-order valence-corrected chi connectivity index (χ1v) is 9.50. The number of nitrogens with one attached hydrogen (secondary N) is 1. The van der Waals surface area contributed by atoms with Gasteiger partial charge in [-0.25, -0.2) is 13.4 Å². The predicted octanol–water partition coefficient (Wildman–Crippen LogP) is 3.34. The van der Waals surface area contributed by atoms with Crippen molar-refractivity contribution in [2.75, 3.05) is 11.1 Å². The topological polar surface area (TPSA) is 76.1 Å². The lowest BCUT2D eigenvalue weighted by atomic mass is 10.2. The van der Waals surface area contributed by atoms with Crippen LogP contribution in [0.2, 0.25) is 0 Å². The van der Waals surface area contributed by atoms with E-state index in [1.807, 2.05) is 12.1 Å². The maximum atomic E-state index is 12.2. The Balaban J connectivity index is 1.80. The molecule has 1 amide bonds. The van der Waals surface area contributed by atoms with Crippen molar-refractivity contribution in [2.45, 2.75) is 11.8 Å². The van der Waals surface area contributed by atoms with Crippen molar-refractivity contribution in [2.24, 2.45) is 0 Å².